The highest BCUT2D eigenvalue weighted by Gasteiger charge is 2.41. The van der Waals surface area contributed by atoms with Gasteiger partial charge in [-0.25, -0.2) is 4.39 Å². The molecule has 1 fully saturated rings. The zero-order valence-electron chi connectivity index (χ0n) is 15.8. The van der Waals surface area contributed by atoms with Gasteiger partial charge in [0.05, 0.1) is 17.2 Å². The van der Waals surface area contributed by atoms with E-state index in [0.717, 1.165) is 61.9 Å². The van der Waals surface area contributed by atoms with Gasteiger partial charge in [-0.3, -0.25) is 4.90 Å². The molecule has 142 valence electrons. The summed E-state index contributed by atoms with van der Waals surface area (Å²) in [5, 5.41) is 13.9. The summed E-state index contributed by atoms with van der Waals surface area (Å²) in [5.74, 6) is -0.170. The molecule has 1 aromatic heterocycles. The second-order valence-corrected chi connectivity index (χ2v) is 8.02. The van der Waals surface area contributed by atoms with E-state index in [1.165, 1.54) is 22.9 Å². The van der Waals surface area contributed by atoms with E-state index in [1.807, 2.05) is 24.3 Å². The normalized spacial score (nSPS) is 18.9. The zero-order valence-corrected chi connectivity index (χ0v) is 15.8. The van der Waals surface area contributed by atoms with Crippen LogP contribution in [0.3, 0.4) is 0 Å². The number of benzene rings is 2. The monoisotopic (exact) mass is 374 g/mol. The van der Waals surface area contributed by atoms with E-state index in [0.29, 0.717) is 0 Å². The number of halogens is 1. The lowest BCUT2D eigenvalue weighted by molar-refractivity contribution is 0.121. The van der Waals surface area contributed by atoms with E-state index in [4.69, 9.17) is 5.26 Å². The van der Waals surface area contributed by atoms with Crippen LogP contribution in [-0.2, 0) is 18.5 Å². The summed E-state index contributed by atoms with van der Waals surface area (Å²) >= 11 is 0. The Morgan fingerprint density at radius 1 is 1.14 bits per heavy atom. The maximum absolute atomic E-state index is 13.8. The van der Waals surface area contributed by atoms with Crippen LogP contribution in [0, 0.1) is 17.1 Å². The second kappa shape index (κ2) is 6.73. The van der Waals surface area contributed by atoms with Crippen molar-refractivity contribution >= 4 is 10.9 Å². The molecule has 1 spiro atoms. The molecule has 4 nitrogen and oxygen atoms in total. The van der Waals surface area contributed by atoms with Crippen LogP contribution < -0.4 is 5.32 Å². The minimum absolute atomic E-state index is 0.0475. The molecule has 28 heavy (non-hydrogen) atoms. The fraction of sp³-hybridized carbons (Fsp3) is 0.348. The molecule has 5 heteroatoms. The van der Waals surface area contributed by atoms with Gasteiger partial charge < -0.3 is 10.3 Å². The lowest BCUT2D eigenvalue weighted by atomic mass is 9.79. The van der Waals surface area contributed by atoms with Crippen LogP contribution in [0.4, 0.5) is 4.39 Å². The highest BCUT2D eigenvalue weighted by molar-refractivity contribution is 5.85. The highest BCUT2D eigenvalue weighted by Crippen LogP contribution is 2.40. The van der Waals surface area contributed by atoms with E-state index in [9.17, 15) is 4.39 Å². The molecule has 0 aliphatic carbocycles. The van der Waals surface area contributed by atoms with Crippen molar-refractivity contribution in [1.29, 1.82) is 5.26 Å². The van der Waals surface area contributed by atoms with Gasteiger partial charge in [-0.05, 0) is 60.7 Å². The molecule has 2 aliphatic rings. The van der Waals surface area contributed by atoms with Gasteiger partial charge in [0.25, 0.3) is 0 Å². The molecule has 5 rings (SSSR count). The van der Waals surface area contributed by atoms with Crippen LogP contribution in [0.5, 0.6) is 0 Å². The highest BCUT2D eigenvalue weighted by atomic mass is 19.1. The summed E-state index contributed by atoms with van der Waals surface area (Å²) in [5.41, 5.74) is 5.43. The molecule has 0 bridgehead atoms. The van der Waals surface area contributed by atoms with Crippen molar-refractivity contribution in [2.75, 3.05) is 19.6 Å². The predicted octanol–water partition coefficient (Wildman–Crippen LogP) is 3.82. The molecule has 0 radical (unpaired) electrons. The Balaban J connectivity index is 1.38. The third-order valence-electron chi connectivity index (χ3n) is 6.36. The summed E-state index contributed by atoms with van der Waals surface area (Å²) in [7, 11) is 0. The minimum Gasteiger partial charge on any atom is -0.357 e. The smallest absolute Gasteiger partial charge is 0.123 e. The number of nitrogens with one attached hydrogen (secondary N) is 2. The fourth-order valence-corrected chi connectivity index (χ4v) is 4.92. The van der Waals surface area contributed by atoms with Crippen molar-refractivity contribution in [3.05, 3.63) is 70.7 Å². The molecule has 2 aliphatic heterocycles. The summed E-state index contributed by atoms with van der Waals surface area (Å²) in [6, 6.07) is 15.1. The Bertz CT molecular complexity index is 1070. The summed E-state index contributed by atoms with van der Waals surface area (Å²) in [6.07, 6.45) is 2.98. The Labute approximate surface area is 164 Å². The van der Waals surface area contributed by atoms with Crippen LogP contribution in [0.15, 0.2) is 42.5 Å². The maximum atomic E-state index is 13.8. The molecular formula is C23H23FN4. The average molecular weight is 374 g/mol. The quantitative estimate of drug-likeness (QED) is 0.717. The Morgan fingerprint density at radius 3 is 2.82 bits per heavy atom. The minimum atomic E-state index is -0.170. The molecule has 0 amide bonds. The van der Waals surface area contributed by atoms with Crippen molar-refractivity contribution in [3.63, 3.8) is 0 Å². The Kier molecular flexibility index (Phi) is 4.19. The Morgan fingerprint density at radius 2 is 2.00 bits per heavy atom. The molecule has 0 saturated carbocycles. The molecule has 2 aromatic carbocycles. The van der Waals surface area contributed by atoms with E-state index in [-0.39, 0.29) is 11.4 Å². The first-order valence-electron chi connectivity index (χ1n) is 9.94. The second-order valence-electron chi connectivity index (χ2n) is 8.02. The number of fused-ring (bicyclic) bond motifs is 4. The van der Waals surface area contributed by atoms with Crippen molar-refractivity contribution in [2.24, 2.45) is 0 Å². The molecule has 3 aromatic rings. The molecule has 2 N–H and O–H groups in total. The number of hydrogen-bond acceptors (Lipinski definition) is 3. The van der Waals surface area contributed by atoms with Gasteiger partial charge >= 0.3 is 0 Å². The predicted molar refractivity (Wildman–Crippen MR) is 107 cm³/mol. The van der Waals surface area contributed by atoms with E-state index in [1.54, 1.807) is 6.07 Å². The number of aromatic nitrogens is 1. The van der Waals surface area contributed by atoms with Crippen LogP contribution in [0.2, 0.25) is 0 Å². The maximum Gasteiger partial charge on any atom is 0.123 e. The van der Waals surface area contributed by atoms with Gasteiger partial charge in [0, 0.05) is 42.8 Å². The van der Waals surface area contributed by atoms with Crippen LogP contribution in [0.1, 0.15) is 35.2 Å². The average Bonchev–Trinajstić information content (AvgIpc) is 3.10. The first-order valence-corrected chi connectivity index (χ1v) is 9.94. The van der Waals surface area contributed by atoms with Crippen molar-refractivity contribution in [1.82, 2.24) is 15.2 Å². The number of piperidine rings is 1. The van der Waals surface area contributed by atoms with Crippen LogP contribution in [0.25, 0.3) is 10.9 Å². The first kappa shape index (κ1) is 17.4. The molecule has 0 atom stereocenters. The van der Waals surface area contributed by atoms with Crippen LogP contribution in [-0.4, -0.2) is 29.5 Å². The van der Waals surface area contributed by atoms with Gasteiger partial charge in [-0.1, -0.05) is 12.1 Å². The fourth-order valence-electron chi connectivity index (χ4n) is 4.92. The summed E-state index contributed by atoms with van der Waals surface area (Å²) in [6.45, 7) is 3.79. The van der Waals surface area contributed by atoms with E-state index in [2.05, 4.69) is 27.3 Å². The number of rotatable bonds is 2. The standard InChI is InChI=1S/C23H23FN4/c24-18-4-5-21-20(13-18)19-6-9-26-23(22(19)27-21)7-10-28(11-8-23)15-17-3-1-2-16(12-17)14-25/h1-5,12-13,26-27H,6-11,15H2. The van der Waals surface area contributed by atoms with Gasteiger partial charge in [0.2, 0.25) is 0 Å². The van der Waals surface area contributed by atoms with Crippen LogP contribution >= 0.6 is 0 Å². The lowest BCUT2D eigenvalue weighted by Gasteiger charge is -2.45. The third kappa shape index (κ3) is 2.90. The Hall–Kier alpha value is -2.68. The largest absolute Gasteiger partial charge is 0.357 e. The summed E-state index contributed by atoms with van der Waals surface area (Å²) in [4.78, 5) is 6.06. The number of hydrogen-bond donors (Lipinski definition) is 2. The number of aromatic amines is 1. The number of H-pyrrole nitrogens is 1. The zero-order chi connectivity index (χ0) is 19.1. The van der Waals surface area contributed by atoms with E-state index < -0.39 is 0 Å². The van der Waals surface area contributed by atoms with E-state index >= 15 is 0 Å². The number of nitriles is 1. The first-order chi connectivity index (χ1) is 13.7. The third-order valence-corrected chi connectivity index (χ3v) is 6.36. The van der Waals surface area contributed by atoms with Gasteiger partial charge in [-0.2, -0.15) is 5.26 Å². The van der Waals surface area contributed by atoms with Gasteiger partial charge in [-0.15, -0.1) is 0 Å². The van der Waals surface area contributed by atoms with Crippen molar-refractivity contribution in [3.8, 4) is 6.07 Å². The van der Waals surface area contributed by atoms with Gasteiger partial charge in [0.1, 0.15) is 5.82 Å². The molecule has 1 saturated heterocycles. The topological polar surface area (TPSA) is 54.9 Å². The summed E-state index contributed by atoms with van der Waals surface area (Å²) < 4.78 is 13.8. The molecule has 0 unspecified atom stereocenters. The molecule has 3 heterocycles. The van der Waals surface area contributed by atoms with Gasteiger partial charge in [0.15, 0.2) is 0 Å². The van der Waals surface area contributed by atoms with Crippen molar-refractivity contribution < 1.29 is 4.39 Å². The number of nitrogens with zero attached hydrogens (tertiary/aromatic N) is 2. The molecular weight excluding hydrogens is 351 g/mol. The SMILES string of the molecule is N#Cc1cccc(CN2CCC3(CC2)NCCc2c3[nH]c3ccc(F)cc23)c1. The number of likely N-dealkylation sites (tertiary alicyclic amines) is 1. The van der Waals surface area contributed by atoms with Crippen molar-refractivity contribution in [2.45, 2.75) is 31.3 Å². The lowest BCUT2D eigenvalue weighted by Crippen LogP contribution is -2.54.